The van der Waals surface area contributed by atoms with Crippen LogP contribution >= 0.6 is 11.6 Å². The SMILES string of the molecule is COCCN(CCC#N)c1nc2ccccc2cc1CCl. The first kappa shape index (κ1) is 15.6. The Labute approximate surface area is 129 Å². The van der Waals surface area contributed by atoms with Gasteiger partial charge in [0.2, 0.25) is 0 Å². The third-order valence-electron chi connectivity index (χ3n) is 3.28. The van der Waals surface area contributed by atoms with Crippen molar-refractivity contribution in [1.29, 1.82) is 5.26 Å². The van der Waals surface area contributed by atoms with E-state index in [1.54, 1.807) is 7.11 Å². The number of halogens is 1. The second kappa shape index (κ2) is 7.82. The van der Waals surface area contributed by atoms with Crippen LogP contribution in [0.3, 0.4) is 0 Å². The van der Waals surface area contributed by atoms with Crippen LogP contribution in [-0.2, 0) is 10.6 Å². The average Bonchev–Trinajstić information content (AvgIpc) is 2.54. The van der Waals surface area contributed by atoms with Crippen LogP contribution in [0.25, 0.3) is 10.9 Å². The Morgan fingerprint density at radius 2 is 2.14 bits per heavy atom. The number of nitriles is 1. The number of methoxy groups -OCH3 is 1. The van der Waals surface area contributed by atoms with E-state index in [0.717, 1.165) is 22.3 Å². The van der Waals surface area contributed by atoms with Crippen LogP contribution < -0.4 is 4.90 Å². The number of aromatic nitrogens is 1. The maximum Gasteiger partial charge on any atom is 0.133 e. The molecule has 21 heavy (non-hydrogen) atoms. The normalized spacial score (nSPS) is 10.5. The predicted octanol–water partition coefficient (Wildman–Crippen LogP) is 3.34. The van der Waals surface area contributed by atoms with E-state index in [2.05, 4.69) is 17.0 Å². The van der Waals surface area contributed by atoms with Gasteiger partial charge in [-0.1, -0.05) is 18.2 Å². The van der Waals surface area contributed by atoms with Gasteiger partial charge in [0.15, 0.2) is 0 Å². The second-order valence-electron chi connectivity index (χ2n) is 4.69. The molecule has 2 rings (SSSR count). The van der Waals surface area contributed by atoms with Gasteiger partial charge in [-0.15, -0.1) is 11.6 Å². The maximum absolute atomic E-state index is 8.83. The monoisotopic (exact) mass is 303 g/mol. The molecule has 0 aliphatic carbocycles. The van der Waals surface area contributed by atoms with Gasteiger partial charge in [0.25, 0.3) is 0 Å². The highest BCUT2D eigenvalue weighted by Crippen LogP contribution is 2.25. The molecular formula is C16H18ClN3O. The molecule has 1 aromatic heterocycles. The number of hydrogen-bond acceptors (Lipinski definition) is 4. The summed E-state index contributed by atoms with van der Waals surface area (Å²) < 4.78 is 5.15. The van der Waals surface area contributed by atoms with Gasteiger partial charge >= 0.3 is 0 Å². The van der Waals surface area contributed by atoms with Crippen molar-refractivity contribution in [3.8, 4) is 6.07 Å². The number of rotatable bonds is 7. The summed E-state index contributed by atoms with van der Waals surface area (Å²) in [5, 5.41) is 9.90. The van der Waals surface area contributed by atoms with Crippen LogP contribution in [0.15, 0.2) is 30.3 Å². The van der Waals surface area contributed by atoms with E-state index >= 15 is 0 Å². The predicted molar refractivity (Wildman–Crippen MR) is 85.6 cm³/mol. The van der Waals surface area contributed by atoms with Crippen molar-refractivity contribution in [2.45, 2.75) is 12.3 Å². The van der Waals surface area contributed by atoms with Crippen molar-refractivity contribution in [2.24, 2.45) is 0 Å². The zero-order chi connectivity index (χ0) is 15.1. The van der Waals surface area contributed by atoms with Crippen LogP contribution in [0, 0.1) is 11.3 Å². The molecule has 110 valence electrons. The van der Waals surface area contributed by atoms with Crippen molar-refractivity contribution >= 4 is 28.3 Å². The number of hydrogen-bond donors (Lipinski definition) is 0. The molecule has 0 saturated carbocycles. The Kier molecular flexibility index (Phi) is 5.79. The van der Waals surface area contributed by atoms with Crippen molar-refractivity contribution < 1.29 is 4.74 Å². The summed E-state index contributed by atoms with van der Waals surface area (Å²) in [4.78, 5) is 6.80. The molecule has 0 saturated heterocycles. The summed E-state index contributed by atoms with van der Waals surface area (Å²) in [6.45, 7) is 1.89. The second-order valence-corrected chi connectivity index (χ2v) is 4.95. The molecule has 0 aliphatic heterocycles. The van der Waals surface area contributed by atoms with E-state index in [1.807, 2.05) is 24.3 Å². The molecular weight excluding hydrogens is 286 g/mol. The van der Waals surface area contributed by atoms with Gasteiger partial charge in [-0.05, 0) is 12.1 Å². The molecule has 0 atom stereocenters. The first-order valence-electron chi connectivity index (χ1n) is 6.85. The van der Waals surface area contributed by atoms with Crippen molar-refractivity contribution in [3.05, 3.63) is 35.9 Å². The molecule has 2 aromatic rings. The number of para-hydroxylation sites is 1. The molecule has 5 heteroatoms. The molecule has 0 unspecified atom stereocenters. The highest BCUT2D eigenvalue weighted by atomic mass is 35.5. The van der Waals surface area contributed by atoms with Crippen LogP contribution in [-0.4, -0.2) is 31.8 Å². The molecule has 0 N–H and O–H groups in total. The van der Waals surface area contributed by atoms with E-state index in [0.29, 0.717) is 32.0 Å². The quantitative estimate of drug-likeness (QED) is 0.736. The van der Waals surface area contributed by atoms with Crippen LogP contribution in [0.1, 0.15) is 12.0 Å². The number of nitrogens with zero attached hydrogens (tertiary/aromatic N) is 3. The molecule has 0 fully saturated rings. The van der Waals surface area contributed by atoms with E-state index in [-0.39, 0.29) is 0 Å². The Bertz CT molecular complexity index is 639. The zero-order valence-corrected chi connectivity index (χ0v) is 12.8. The lowest BCUT2D eigenvalue weighted by atomic mass is 10.1. The average molecular weight is 304 g/mol. The molecule has 1 aromatic carbocycles. The zero-order valence-electron chi connectivity index (χ0n) is 12.1. The minimum atomic E-state index is 0.392. The summed E-state index contributed by atoms with van der Waals surface area (Å²) in [5.74, 6) is 1.24. The summed E-state index contributed by atoms with van der Waals surface area (Å²) >= 11 is 6.08. The maximum atomic E-state index is 8.83. The number of pyridine rings is 1. The van der Waals surface area contributed by atoms with Crippen LogP contribution in [0.5, 0.6) is 0 Å². The first-order valence-corrected chi connectivity index (χ1v) is 7.39. The third-order valence-corrected chi connectivity index (χ3v) is 3.57. The van der Waals surface area contributed by atoms with Crippen molar-refractivity contribution in [1.82, 2.24) is 4.98 Å². The van der Waals surface area contributed by atoms with Gasteiger partial charge in [0.05, 0.1) is 30.5 Å². The van der Waals surface area contributed by atoms with Crippen molar-refractivity contribution in [2.75, 3.05) is 31.7 Å². The largest absolute Gasteiger partial charge is 0.383 e. The summed E-state index contributed by atoms with van der Waals surface area (Å²) in [7, 11) is 1.67. The van der Waals surface area contributed by atoms with E-state index in [1.165, 1.54) is 0 Å². The minimum Gasteiger partial charge on any atom is -0.383 e. The molecule has 0 amide bonds. The van der Waals surface area contributed by atoms with E-state index in [4.69, 9.17) is 26.6 Å². The standard InChI is InChI=1S/C16H18ClN3O/c1-21-10-9-20(8-4-7-18)16-14(12-17)11-13-5-2-3-6-15(13)19-16/h2-3,5-6,11H,4,8-10,12H2,1H3. The Hall–Kier alpha value is -1.83. The number of benzene rings is 1. The molecule has 0 radical (unpaired) electrons. The summed E-state index contributed by atoms with van der Waals surface area (Å²) in [5.41, 5.74) is 1.91. The third kappa shape index (κ3) is 3.84. The van der Waals surface area contributed by atoms with E-state index in [9.17, 15) is 0 Å². The Morgan fingerprint density at radius 3 is 2.86 bits per heavy atom. The summed E-state index contributed by atoms with van der Waals surface area (Å²) in [6, 6.07) is 12.2. The van der Waals surface area contributed by atoms with Gasteiger partial charge < -0.3 is 9.64 Å². The topological polar surface area (TPSA) is 49.1 Å². The molecule has 0 aliphatic rings. The van der Waals surface area contributed by atoms with E-state index < -0.39 is 0 Å². The fourth-order valence-corrected chi connectivity index (χ4v) is 2.43. The highest BCUT2D eigenvalue weighted by molar-refractivity contribution is 6.17. The van der Waals surface area contributed by atoms with Gasteiger partial charge in [-0.3, -0.25) is 0 Å². The lowest BCUT2D eigenvalue weighted by Crippen LogP contribution is -2.30. The number of alkyl halides is 1. The Balaban J connectivity index is 2.41. The number of anilines is 1. The number of ether oxygens (including phenoxy) is 1. The summed E-state index contributed by atoms with van der Waals surface area (Å²) in [6.07, 6.45) is 0.444. The van der Waals surface area contributed by atoms with Crippen molar-refractivity contribution in [3.63, 3.8) is 0 Å². The molecule has 0 bridgehead atoms. The Morgan fingerprint density at radius 1 is 1.33 bits per heavy atom. The molecule has 4 nitrogen and oxygen atoms in total. The highest BCUT2D eigenvalue weighted by Gasteiger charge is 2.13. The fourth-order valence-electron chi connectivity index (χ4n) is 2.23. The van der Waals surface area contributed by atoms with Crippen LogP contribution in [0.4, 0.5) is 5.82 Å². The first-order chi connectivity index (χ1) is 10.3. The molecule has 1 heterocycles. The fraction of sp³-hybridized carbons (Fsp3) is 0.375. The molecule has 0 spiro atoms. The van der Waals surface area contributed by atoms with Gasteiger partial charge in [-0.25, -0.2) is 4.98 Å². The van der Waals surface area contributed by atoms with Gasteiger partial charge in [0.1, 0.15) is 5.82 Å². The van der Waals surface area contributed by atoms with Gasteiger partial charge in [-0.2, -0.15) is 5.26 Å². The lowest BCUT2D eigenvalue weighted by Gasteiger charge is -2.24. The smallest absolute Gasteiger partial charge is 0.133 e. The van der Waals surface area contributed by atoms with Crippen LogP contribution in [0.2, 0.25) is 0 Å². The van der Waals surface area contributed by atoms with Gasteiger partial charge in [0, 0.05) is 31.1 Å². The number of fused-ring (bicyclic) bond motifs is 1. The minimum absolute atomic E-state index is 0.392. The lowest BCUT2D eigenvalue weighted by molar-refractivity contribution is 0.205.